The number of nitrogens with zero attached hydrogens (tertiary/aromatic N) is 5. The van der Waals surface area contributed by atoms with Crippen LogP contribution in [0.2, 0.25) is 0 Å². The van der Waals surface area contributed by atoms with Crippen LogP contribution in [0.15, 0.2) is 43.2 Å². The zero-order chi connectivity index (χ0) is 16.1. The predicted molar refractivity (Wildman–Crippen MR) is 92.0 cm³/mol. The largest absolute Gasteiger partial charge is 0.296 e. The molecular weight excluding hydrogens is 286 g/mol. The molecule has 0 saturated carbocycles. The van der Waals surface area contributed by atoms with Gasteiger partial charge in [-0.1, -0.05) is 12.1 Å². The molecule has 23 heavy (non-hydrogen) atoms. The first-order valence-electron chi connectivity index (χ1n) is 8.23. The van der Waals surface area contributed by atoms with Crippen LogP contribution in [0.25, 0.3) is 0 Å². The summed E-state index contributed by atoms with van der Waals surface area (Å²) in [4.78, 5) is 9.41. The molecule has 0 aromatic carbocycles. The maximum absolute atomic E-state index is 4.54. The number of aromatic nitrogens is 3. The Bertz CT molecular complexity index is 626. The second kappa shape index (κ2) is 7.53. The molecule has 5 nitrogen and oxygen atoms in total. The highest BCUT2D eigenvalue weighted by molar-refractivity contribution is 5.15. The third-order valence-corrected chi connectivity index (χ3v) is 4.33. The number of hydrogen-bond acceptors (Lipinski definition) is 4. The van der Waals surface area contributed by atoms with E-state index in [1.54, 1.807) is 0 Å². The SMILES string of the molecule is C=CCn1cc(CN2CCN(Cc3ccccn3)CC2)c(C)n1. The van der Waals surface area contributed by atoms with Crippen molar-refractivity contribution in [1.29, 1.82) is 0 Å². The molecule has 0 unspecified atom stereocenters. The Balaban J connectivity index is 1.50. The van der Waals surface area contributed by atoms with Gasteiger partial charge in [0, 0.05) is 57.2 Å². The predicted octanol–water partition coefficient (Wildman–Crippen LogP) is 2.09. The van der Waals surface area contributed by atoms with Gasteiger partial charge < -0.3 is 0 Å². The van der Waals surface area contributed by atoms with Gasteiger partial charge in [0.2, 0.25) is 0 Å². The van der Waals surface area contributed by atoms with Crippen LogP contribution in [0.4, 0.5) is 0 Å². The van der Waals surface area contributed by atoms with E-state index in [1.165, 1.54) is 5.56 Å². The highest BCUT2D eigenvalue weighted by atomic mass is 15.3. The molecular formula is C18H25N5. The molecule has 2 aromatic rings. The number of rotatable bonds is 6. The summed E-state index contributed by atoms with van der Waals surface area (Å²) < 4.78 is 1.97. The quantitative estimate of drug-likeness (QED) is 0.766. The molecule has 1 saturated heterocycles. The lowest BCUT2D eigenvalue weighted by Crippen LogP contribution is -2.45. The summed E-state index contributed by atoms with van der Waals surface area (Å²) in [5.41, 5.74) is 3.61. The van der Waals surface area contributed by atoms with E-state index in [0.29, 0.717) is 0 Å². The first-order chi connectivity index (χ1) is 11.2. The number of allylic oxidation sites excluding steroid dienone is 1. The van der Waals surface area contributed by atoms with E-state index in [0.717, 1.165) is 57.2 Å². The van der Waals surface area contributed by atoms with Gasteiger partial charge in [0.1, 0.15) is 0 Å². The van der Waals surface area contributed by atoms with Crippen molar-refractivity contribution in [2.45, 2.75) is 26.6 Å². The van der Waals surface area contributed by atoms with E-state index in [4.69, 9.17) is 0 Å². The molecule has 5 heteroatoms. The van der Waals surface area contributed by atoms with Crippen LogP contribution in [-0.2, 0) is 19.6 Å². The van der Waals surface area contributed by atoms with Gasteiger partial charge in [-0.15, -0.1) is 6.58 Å². The van der Waals surface area contributed by atoms with E-state index >= 15 is 0 Å². The second-order valence-corrected chi connectivity index (χ2v) is 6.12. The van der Waals surface area contributed by atoms with Gasteiger partial charge >= 0.3 is 0 Å². The third-order valence-electron chi connectivity index (χ3n) is 4.33. The molecule has 1 fully saturated rings. The van der Waals surface area contributed by atoms with Crippen molar-refractivity contribution in [1.82, 2.24) is 24.6 Å². The highest BCUT2D eigenvalue weighted by Gasteiger charge is 2.18. The van der Waals surface area contributed by atoms with Crippen molar-refractivity contribution < 1.29 is 0 Å². The molecule has 122 valence electrons. The molecule has 2 aromatic heterocycles. The summed E-state index contributed by atoms with van der Waals surface area (Å²) in [5, 5.41) is 4.54. The number of hydrogen-bond donors (Lipinski definition) is 0. The van der Waals surface area contributed by atoms with Crippen LogP contribution in [0.3, 0.4) is 0 Å². The van der Waals surface area contributed by atoms with E-state index in [2.05, 4.69) is 51.7 Å². The molecule has 0 atom stereocenters. The number of pyridine rings is 1. The lowest BCUT2D eigenvalue weighted by Gasteiger charge is -2.34. The molecule has 0 radical (unpaired) electrons. The molecule has 1 aliphatic heterocycles. The maximum Gasteiger partial charge on any atom is 0.0638 e. The zero-order valence-electron chi connectivity index (χ0n) is 13.9. The van der Waals surface area contributed by atoms with Crippen LogP contribution >= 0.6 is 0 Å². The number of aryl methyl sites for hydroxylation is 1. The molecule has 0 bridgehead atoms. The fourth-order valence-corrected chi connectivity index (χ4v) is 3.01. The standard InChI is InChI=1S/C18H25N5/c1-3-8-23-14-17(16(2)20-23)13-21-9-11-22(12-10-21)15-18-6-4-5-7-19-18/h3-7,14H,1,8-13,15H2,2H3. The summed E-state index contributed by atoms with van der Waals surface area (Å²) in [5.74, 6) is 0. The van der Waals surface area contributed by atoms with Crippen LogP contribution in [0.1, 0.15) is 17.0 Å². The molecule has 0 amide bonds. The van der Waals surface area contributed by atoms with Crippen LogP contribution in [0.5, 0.6) is 0 Å². The average Bonchev–Trinajstić information content (AvgIpc) is 2.90. The molecule has 0 aliphatic carbocycles. The Morgan fingerprint density at radius 1 is 1.13 bits per heavy atom. The Morgan fingerprint density at radius 2 is 1.87 bits per heavy atom. The molecule has 3 rings (SSSR count). The van der Waals surface area contributed by atoms with Crippen molar-refractivity contribution in [3.8, 4) is 0 Å². The minimum absolute atomic E-state index is 0.776. The fourth-order valence-electron chi connectivity index (χ4n) is 3.01. The zero-order valence-corrected chi connectivity index (χ0v) is 13.9. The molecule has 0 spiro atoms. The van der Waals surface area contributed by atoms with E-state index < -0.39 is 0 Å². The first-order valence-corrected chi connectivity index (χ1v) is 8.23. The van der Waals surface area contributed by atoms with Gasteiger partial charge in [-0.3, -0.25) is 19.5 Å². The van der Waals surface area contributed by atoms with Gasteiger partial charge in [-0.2, -0.15) is 5.10 Å². The van der Waals surface area contributed by atoms with Gasteiger partial charge in [0.15, 0.2) is 0 Å². The lowest BCUT2D eigenvalue weighted by molar-refractivity contribution is 0.121. The van der Waals surface area contributed by atoms with E-state index in [9.17, 15) is 0 Å². The average molecular weight is 311 g/mol. The van der Waals surface area contributed by atoms with Gasteiger partial charge in [0.25, 0.3) is 0 Å². The minimum Gasteiger partial charge on any atom is -0.296 e. The smallest absolute Gasteiger partial charge is 0.0638 e. The van der Waals surface area contributed by atoms with Crippen molar-refractivity contribution in [2.24, 2.45) is 0 Å². The number of piperazine rings is 1. The van der Waals surface area contributed by atoms with Crippen molar-refractivity contribution >= 4 is 0 Å². The summed E-state index contributed by atoms with van der Waals surface area (Å²) in [6.07, 6.45) is 5.90. The normalized spacial score (nSPS) is 16.6. The van der Waals surface area contributed by atoms with Crippen LogP contribution < -0.4 is 0 Å². The summed E-state index contributed by atoms with van der Waals surface area (Å²) in [6, 6.07) is 6.13. The van der Waals surface area contributed by atoms with Gasteiger partial charge in [-0.25, -0.2) is 0 Å². The Morgan fingerprint density at radius 3 is 2.52 bits per heavy atom. The van der Waals surface area contributed by atoms with Crippen LogP contribution in [-0.4, -0.2) is 50.7 Å². The minimum atomic E-state index is 0.776. The Labute approximate surface area is 138 Å². The monoisotopic (exact) mass is 311 g/mol. The van der Waals surface area contributed by atoms with Gasteiger partial charge in [-0.05, 0) is 19.1 Å². The molecule has 0 N–H and O–H groups in total. The van der Waals surface area contributed by atoms with Gasteiger partial charge in [0.05, 0.1) is 17.9 Å². The maximum atomic E-state index is 4.54. The first kappa shape index (κ1) is 15.9. The van der Waals surface area contributed by atoms with Crippen molar-refractivity contribution in [2.75, 3.05) is 26.2 Å². The highest BCUT2D eigenvalue weighted by Crippen LogP contribution is 2.13. The summed E-state index contributed by atoms with van der Waals surface area (Å²) >= 11 is 0. The second-order valence-electron chi connectivity index (χ2n) is 6.12. The Hall–Kier alpha value is -1.98. The summed E-state index contributed by atoms with van der Waals surface area (Å²) in [6.45, 7) is 13.0. The molecule has 3 heterocycles. The fraction of sp³-hybridized carbons (Fsp3) is 0.444. The lowest BCUT2D eigenvalue weighted by atomic mass is 10.2. The third kappa shape index (κ3) is 4.27. The van der Waals surface area contributed by atoms with Crippen molar-refractivity contribution in [3.05, 3.63) is 60.2 Å². The topological polar surface area (TPSA) is 37.2 Å². The van der Waals surface area contributed by atoms with E-state index in [1.807, 2.05) is 23.0 Å². The Kier molecular flexibility index (Phi) is 5.20. The van der Waals surface area contributed by atoms with Crippen molar-refractivity contribution in [3.63, 3.8) is 0 Å². The summed E-state index contributed by atoms with van der Waals surface area (Å²) in [7, 11) is 0. The van der Waals surface area contributed by atoms with Crippen LogP contribution in [0, 0.1) is 6.92 Å². The van der Waals surface area contributed by atoms with E-state index in [-0.39, 0.29) is 0 Å². The molecule has 1 aliphatic rings.